The molecule has 3 rings (SSSR count). The van der Waals surface area contributed by atoms with Crippen LogP contribution in [0.1, 0.15) is 56.6 Å². The molecule has 1 N–H and O–H groups in total. The Morgan fingerprint density at radius 2 is 1.70 bits per heavy atom. The van der Waals surface area contributed by atoms with Crippen LogP contribution in [0.25, 0.3) is 0 Å². The van der Waals surface area contributed by atoms with Gasteiger partial charge in [0.05, 0.1) is 17.0 Å². The first kappa shape index (κ1) is 29.3. The van der Waals surface area contributed by atoms with Crippen LogP contribution < -0.4 is 9.62 Å². The maximum absolute atomic E-state index is 13.8. The van der Waals surface area contributed by atoms with Crippen LogP contribution in [-0.4, -0.2) is 50.0 Å². The van der Waals surface area contributed by atoms with Gasteiger partial charge in [0.15, 0.2) is 0 Å². The van der Waals surface area contributed by atoms with Gasteiger partial charge in [0.25, 0.3) is 0 Å². The maximum Gasteiger partial charge on any atom is 0.244 e. The van der Waals surface area contributed by atoms with Crippen molar-refractivity contribution in [2.24, 2.45) is 0 Å². The minimum atomic E-state index is -3.90. The molecule has 0 unspecified atom stereocenters. The van der Waals surface area contributed by atoms with Gasteiger partial charge in [-0.15, -0.1) is 0 Å². The van der Waals surface area contributed by atoms with Crippen LogP contribution in [0.4, 0.5) is 5.69 Å². The van der Waals surface area contributed by atoms with E-state index in [0.717, 1.165) is 53.8 Å². The Hall–Kier alpha value is -2.29. The van der Waals surface area contributed by atoms with Crippen LogP contribution >= 0.6 is 23.2 Å². The molecule has 1 aliphatic carbocycles. The number of rotatable bonds is 10. The zero-order valence-electron chi connectivity index (χ0n) is 21.5. The Kier molecular flexibility index (Phi) is 10.3. The summed E-state index contributed by atoms with van der Waals surface area (Å²) in [5.41, 5.74) is 2.03. The molecule has 1 atom stereocenters. The number of amides is 2. The smallest absolute Gasteiger partial charge is 0.244 e. The Balaban J connectivity index is 1.93. The lowest BCUT2D eigenvalue weighted by Gasteiger charge is -2.34. The highest BCUT2D eigenvalue weighted by Crippen LogP contribution is 2.31. The van der Waals surface area contributed by atoms with Crippen molar-refractivity contribution in [2.45, 2.75) is 71.0 Å². The second kappa shape index (κ2) is 13.0. The minimum absolute atomic E-state index is 0.0874. The molecule has 0 saturated heterocycles. The fraction of sp³-hybridized carbons (Fsp3) is 0.481. The lowest BCUT2D eigenvalue weighted by Crippen LogP contribution is -2.54. The molecule has 0 aromatic heterocycles. The monoisotopic (exact) mass is 567 g/mol. The average molecular weight is 569 g/mol. The topological polar surface area (TPSA) is 86.8 Å². The Morgan fingerprint density at radius 3 is 2.30 bits per heavy atom. The highest BCUT2D eigenvalue weighted by Gasteiger charge is 2.33. The molecule has 2 aromatic rings. The van der Waals surface area contributed by atoms with Crippen LogP contribution in [0.2, 0.25) is 10.0 Å². The van der Waals surface area contributed by atoms with E-state index in [1.807, 2.05) is 38.1 Å². The van der Waals surface area contributed by atoms with Crippen molar-refractivity contribution in [3.8, 4) is 0 Å². The van der Waals surface area contributed by atoms with Crippen molar-refractivity contribution in [3.63, 3.8) is 0 Å². The van der Waals surface area contributed by atoms with Gasteiger partial charge in [-0.3, -0.25) is 13.9 Å². The molecule has 37 heavy (non-hydrogen) atoms. The molecule has 7 nitrogen and oxygen atoms in total. The largest absolute Gasteiger partial charge is 0.352 e. The summed E-state index contributed by atoms with van der Waals surface area (Å²) in [6, 6.07) is 11.5. The molecule has 0 aliphatic heterocycles. The van der Waals surface area contributed by atoms with Crippen LogP contribution in [0.5, 0.6) is 0 Å². The molecule has 0 spiro atoms. The van der Waals surface area contributed by atoms with E-state index >= 15 is 0 Å². The van der Waals surface area contributed by atoms with Gasteiger partial charge in [-0.2, -0.15) is 0 Å². The van der Waals surface area contributed by atoms with Crippen molar-refractivity contribution in [1.29, 1.82) is 0 Å². The van der Waals surface area contributed by atoms with E-state index in [4.69, 9.17) is 23.2 Å². The summed E-state index contributed by atoms with van der Waals surface area (Å²) in [6.07, 6.45) is 6.53. The SMILES string of the molecule is CC[C@@H](C(=O)NC1CCCCC1)N(Cc1ccc(C)cc1)C(=O)CN(c1cc(Cl)ccc1Cl)S(C)(=O)=O. The minimum Gasteiger partial charge on any atom is -0.352 e. The maximum atomic E-state index is 13.8. The lowest BCUT2D eigenvalue weighted by molar-refractivity contribution is -0.140. The molecule has 0 radical (unpaired) electrons. The van der Waals surface area contributed by atoms with E-state index in [2.05, 4.69) is 5.32 Å². The number of anilines is 1. The quantitative estimate of drug-likeness (QED) is 0.420. The van der Waals surface area contributed by atoms with E-state index < -0.39 is 28.5 Å². The first-order chi connectivity index (χ1) is 17.5. The number of carbonyl (C=O) groups is 2. The number of benzene rings is 2. The molecule has 2 amide bonds. The lowest BCUT2D eigenvalue weighted by atomic mass is 9.95. The molecule has 1 fully saturated rings. The average Bonchev–Trinajstić information content (AvgIpc) is 2.85. The van der Waals surface area contributed by atoms with Crippen LogP contribution in [0.3, 0.4) is 0 Å². The van der Waals surface area contributed by atoms with Gasteiger partial charge in [-0.05, 0) is 49.9 Å². The van der Waals surface area contributed by atoms with Crippen molar-refractivity contribution in [1.82, 2.24) is 10.2 Å². The summed E-state index contributed by atoms with van der Waals surface area (Å²) in [7, 11) is -3.90. The van der Waals surface area contributed by atoms with E-state index in [-0.39, 0.29) is 34.2 Å². The van der Waals surface area contributed by atoms with Crippen molar-refractivity contribution in [3.05, 3.63) is 63.6 Å². The highest BCUT2D eigenvalue weighted by molar-refractivity contribution is 7.92. The number of nitrogens with one attached hydrogen (secondary N) is 1. The van der Waals surface area contributed by atoms with Gasteiger partial charge in [-0.1, -0.05) is 79.2 Å². The fourth-order valence-corrected chi connectivity index (χ4v) is 5.92. The number of hydrogen-bond acceptors (Lipinski definition) is 4. The van der Waals surface area contributed by atoms with Gasteiger partial charge in [0.1, 0.15) is 12.6 Å². The first-order valence-corrected chi connectivity index (χ1v) is 15.2. The number of hydrogen-bond donors (Lipinski definition) is 1. The number of carbonyl (C=O) groups excluding carboxylic acids is 2. The standard InChI is InChI=1S/C27H35Cl2N3O4S/c1-4-24(27(34)30-22-8-6-5-7-9-22)31(17-20-12-10-19(2)11-13-20)26(33)18-32(37(3,35)36)25-16-21(28)14-15-23(25)29/h10-16,22,24H,4-9,17-18H2,1-3H3,(H,30,34)/t24-/m0/s1. The molecule has 202 valence electrons. The highest BCUT2D eigenvalue weighted by atomic mass is 35.5. The summed E-state index contributed by atoms with van der Waals surface area (Å²) in [5.74, 6) is -0.728. The van der Waals surface area contributed by atoms with E-state index in [1.165, 1.54) is 17.0 Å². The van der Waals surface area contributed by atoms with Gasteiger partial charge < -0.3 is 10.2 Å². The third kappa shape index (κ3) is 8.09. The number of halogens is 2. The van der Waals surface area contributed by atoms with Crippen LogP contribution in [0, 0.1) is 6.92 Å². The van der Waals surface area contributed by atoms with Crippen LogP contribution in [-0.2, 0) is 26.2 Å². The Morgan fingerprint density at radius 1 is 1.05 bits per heavy atom. The number of sulfonamides is 1. The summed E-state index contributed by atoms with van der Waals surface area (Å²) < 4.78 is 26.5. The second-order valence-corrected chi connectivity index (χ2v) is 12.4. The summed E-state index contributed by atoms with van der Waals surface area (Å²) >= 11 is 12.4. The van der Waals surface area contributed by atoms with Gasteiger partial charge in [0.2, 0.25) is 21.8 Å². The van der Waals surface area contributed by atoms with E-state index in [9.17, 15) is 18.0 Å². The zero-order chi connectivity index (χ0) is 27.2. The second-order valence-electron chi connectivity index (χ2n) is 9.64. The molecule has 10 heteroatoms. The van der Waals surface area contributed by atoms with Gasteiger partial charge in [0, 0.05) is 17.6 Å². The molecular weight excluding hydrogens is 533 g/mol. The molecule has 2 aromatic carbocycles. The Bertz CT molecular complexity index is 1200. The van der Waals surface area contributed by atoms with Gasteiger partial charge >= 0.3 is 0 Å². The van der Waals surface area contributed by atoms with Crippen molar-refractivity contribution in [2.75, 3.05) is 17.1 Å². The van der Waals surface area contributed by atoms with E-state index in [0.29, 0.717) is 6.42 Å². The first-order valence-electron chi connectivity index (χ1n) is 12.6. The van der Waals surface area contributed by atoms with Crippen LogP contribution in [0.15, 0.2) is 42.5 Å². The number of nitrogens with zero attached hydrogens (tertiary/aromatic N) is 2. The third-order valence-corrected chi connectivity index (χ3v) is 8.35. The number of aryl methyl sites for hydroxylation is 1. The summed E-state index contributed by atoms with van der Waals surface area (Å²) in [4.78, 5) is 28.7. The third-order valence-electron chi connectivity index (χ3n) is 6.67. The normalized spacial score (nSPS) is 15.2. The molecule has 1 aliphatic rings. The predicted octanol–water partition coefficient (Wildman–Crippen LogP) is 5.32. The predicted molar refractivity (Wildman–Crippen MR) is 149 cm³/mol. The van der Waals surface area contributed by atoms with Crippen molar-refractivity contribution < 1.29 is 18.0 Å². The molecule has 0 heterocycles. The summed E-state index contributed by atoms with van der Waals surface area (Å²) in [6.45, 7) is 3.47. The fourth-order valence-electron chi connectivity index (χ4n) is 4.63. The molecule has 0 bridgehead atoms. The molecular formula is C27H35Cl2N3O4S. The summed E-state index contributed by atoms with van der Waals surface area (Å²) in [5, 5.41) is 3.56. The van der Waals surface area contributed by atoms with Crippen molar-refractivity contribution >= 4 is 50.7 Å². The van der Waals surface area contributed by atoms with E-state index in [1.54, 1.807) is 6.07 Å². The molecule has 1 saturated carbocycles. The zero-order valence-corrected chi connectivity index (χ0v) is 23.9. The Labute approximate surface area is 230 Å². The van der Waals surface area contributed by atoms with Gasteiger partial charge in [-0.25, -0.2) is 8.42 Å².